The van der Waals surface area contributed by atoms with Crippen LogP contribution >= 0.6 is 0 Å². The molecule has 0 fully saturated rings. The van der Waals surface area contributed by atoms with Crippen LogP contribution < -0.4 is 0 Å². The van der Waals surface area contributed by atoms with E-state index >= 15 is 0 Å². The van der Waals surface area contributed by atoms with Crippen molar-refractivity contribution >= 4 is 16.2 Å². The van der Waals surface area contributed by atoms with Crippen molar-refractivity contribution in [2.45, 2.75) is 13.8 Å². The van der Waals surface area contributed by atoms with E-state index in [9.17, 15) is 12.3 Å². The SMILES string of the molecule is C/C=C\N(/C(C)=N/C)S(=O)(=O)F. The summed E-state index contributed by atoms with van der Waals surface area (Å²) in [6.45, 7) is 2.98. The standard InChI is InChI=1S/C6H11FN2O2S/c1-4-5-9(6(2)8-3)12(7,10)11/h4-5H,1-3H3/b5-4-,8-6+. The van der Waals surface area contributed by atoms with Crippen molar-refractivity contribution in [3.8, 4) is 0 Å². The molecule has 12 heavy (non-hydrogen) atoms. The maximum Gasteiger partial charge on any atom is 0.404 e. The molecule has 0 aromatic carbocycles. The van der Waals surface area contributed by atoms with Gasteiger partial charge in [0.2, 0.25) is 0 Å². The van der Waals surface area contributed by atoms with E-state index in [2.05, 4.69) is 4.99 Å². The molecule has 0 aromatic rings. The molecule has 0 saturated carbocycles. The van der Waals surface area contributed by atoms with E-state index in [1.165, 1.54) is 20.0 Å². The lowest BCUT2D eigenvalue weighted by Crippen LogP contribution is -2.26. The van der Waals surface area contributed by atoms with Crippen LogP contribution in [0.5, 0.6) is 0 Å². The van der Waals surface area contributed by atoms with Crippen molar-refractivity contribution < 1.29 is 12.3 Å². The van der Waals surface area contributed by atoms with Gasteiger partial charge in [-0.2, -0.15) is 8.42 Å². The van der Waals surface area contributed by atoms with Gasteiger partial charge in [0.15, 0.2) is 0 Å². The lowest BCUT2D eigenvalue weighted by Gasteiger charge is -2.12. The lowest BCUT2D eigenvalue weighted by molar-refractivity contribution is 0.513. The van der Waals surface area contributed by atoms with Gasteiger partial charge in [0.25, 0.3) is 0 Å². The van der Waals surface area contributed by atoms with Crippen LogP contribution in [0.25, 0.3) is 0 Å². The minimum Gasteiger partial charge on any atom is -0.275 e. The van der Waals surface area contributed by atoms with Crippen LogP contribution in [0.15, 0.2) is 17.3 Å². The Morgan fingerprint density at radius 2 is 2.08 bits per heavy atom. The van der Waals surface area contributed by atoms with Crippen molar-refractivity contribution in [2.75, 3.05) is 7.05 Å². The first-order chi connectivity index (χ1) is 5.43. The predicted octanol–water partition coefficient (Wildman–Crippen LogP) is 1.08. The highest BCUT2D eigenvalue weighted by Crippen LogP contribution is 2.04. The zero-order valence-corrected chi connectivity index (χ0v) is 7.97. The van der Waals surface area contributed by atoms with E-state index in [4.69, 9.17) is 0 Å². The highest BCUT2D eigenvalue weighted by atomic mass is 32.3. The molecule has 0 bridgehead atoms. The highest BCUT2D eigenvalue weighted by molar-refractivity contribution is 7.84. The zero-order chi connectivity index (χ0) is 9.78. The molecule has 0 rings (SSSR count). The summed E-state index contributed by atoms with van der Waals surface area (Å²) < 4.78 is 33.8. The van der Waals surface area contributed by atoms with Crippen molar-refractivity contribution in [2.24, 2.45) is 4.99 Å². The molecular formula is C6H11FN2O2S. The molecule has 0 radical (unpaired) electrons. The number of amidine groups is 1. The van der Waals surface area contributed by atoms with Crippen molar-refractivity contribution in [3.63, 3.8) is 0 Å². The van der Waals surface area contributed by atoms with Gasteiger partial charge in [-0.25, -0.2) is 4.31 Å². The maximum atomic E-state index is 12.4. The van der Waals surface area contributed by atoms with Crippen LogP contribution in [0.4, 0.5) is 3.89 Å². The Morgan fingerprint density at radius 3 is 2.33 bits per heavy atom. The summed E-state index contributed by atoms with van der Waals surface area (Å²) in [5.41, 5.74) is 0. The Morgan fingerprint density at radius 1 is 1.58 bits per heavy atom. The third kappa shape index (κ3) is 3.00. The first kappa shape index (κ1) is 11.1. The number of hydrogen-bond donors (Lipinski definition) is 0. The maximum absolute atomic E-state index is 12.4. The summed E-state index contributed by atoms with van der Waals surface area (Å²) in [5.74, 6) is 0.0793. The molecule has 4 nitrogen and oxygen atoms in total. The zero-order valence-electron chi connectivity index (χ0n) is 7.15. The fourth-order valence-electron chi connectivity index (χ4n) is 0.572. The summed E-state index contributed by atoms with van der Waals surface area (Å²) in [4.78, 5) is 3.55. The quantitative estimate of drug-likeness (QED) is 0.375. The molecule has 0 N–H and O–H groups in total. The summed E-state index contributed by atoms with van der Waals surface area (Å²) in [6, 6.07) is 0. The third-order valence-corrected chi connectivity index (χ3v) is 2.02. The molecule has 0 aliphatic heterocycles. The van der Waals surface area contributed by atoms with Gasteiger partial charge in [-0.3, -0.25) is 4.99 Å². The first-order valence-electron chi connectivity index (χ1n) is 3.23. The van der Waals surface area contributed by atoms with E-state index in [-0.39, 0.29) is 5.84 Å². The van der Waals surface area contributed by atoms with Crippen molar-refractivity contribution in [3.05, 3.63) is 12.3 Å². The van der Waals surface area contributed by atoms with Crippen LogP contribution in [0, 0.1) is 0 Å². The average molecular weight is 194 g/mol. The van der Waals surface area contributed by atoms with Crippen LogP contribution in [0.1, 0.15) is 13.8 Å². The van der Waals surface area contributed by atoms with Gasteiger partial charge in [0, 0.05) is 13.2 Å². The number of hydrogen-bond acceptors (Lipinski definition) is 3. The molecule has 0 aliphatic rings. The molecule has 0 aromatic heterocycles. The minimum absolute atomic E-state index is 0.0793. The third-order valence-electron chi connectivity index (χ3n) is 1.16. The summed E-state index contributed by atoms with van der Waals surface area (Å²) in [7, 11) is -3.34. The number of nitrogens with zero attached hydrogens (tertiary/aromatic N) is 2. The first-order valence-corrected chi connectivity index (χ1v) is 4.57. The van der Waals surface area contributed by atoms with Crippen molar-refractivity contribution in [1.82, 2.24) is 4.31 Å². The number of halogens is 1. The van der Waals surface area contributed by atoms with Crippen LogP contribution in [-0.4, -0.2) is 25.6 Å². The van der Waals surface area contributed by atoms with E-state index in [0.717, 1.165) is 6.20 Å². The van der Waals surface area contributed by atoms with Gasteiger partial charge in [-0.1, -0.05) is 9.96 Å². The second kappa shape index (κ2) is 4.20. The second-order valence-electron chi connectivity index (χ2n) is 1.99. The van der Waals surface area contributed by atoms with Gasteiger partial charge in [0.05, 0.1) is 0 Å². The second-order valence-corrected chi connectivity index (χ2v) is 3.21. The molecule has 0 amide bonds. The summed E-state index contributed by atoms with van der Waals surface area (Å²) >= 11 is 0. The van der Waals surface area contributed by atoms with E-state index in [1.807, 2.05) is 0 Å². The Labute approximate surface area is 71.8 Å². The molecule has 0 aliphatic carbocycles. The Balaban J connectivity index is 4.95. The Bertz CT molecular complexity index is 295. The number of rotatable bonds is 2. The van der Waals surface area contributed by atoms with Gasteiger partial charge >= 0.3 is 10.4 Å². The molecule has 0 spiro atoms. The Kier molecular flexibility index (Phi) is 3.88. The van der Waals surface area contributed by atoms with Crippen LogP contribution in [-0.2, 0) is 10.4 Å². The summed E-state index contributed by atoms with van der Waals surface area (Å²) in [5, 5.41) is 0. The lowest BCUT2D eigenvalue weighted by atomic mass is 10.6. The van der Waals surface area contributed by atoms with Crippen LogP contribution in [0.3, 0.4) is 0 Å². The highest BCUT2D eigenvalue weighted by Gasteiger charge is 2.18. The molecule has 0 unspecified atom stereocenters. The normalized spacial score (nSPS) is 13.8. The van der Waals surface area contributed by atoms with E-state index < -0.39 is 10.4 Å². The topological polar surface area (TPSA) is 49.7 Å². The molecule has 0 heterocycles. The fraction of sp³-hybridized carbons (Fsp3) is 0.500. The summed E-state index contributed by atoms with van der Waals surface area (Å²) in [6.07, 6.45) is 2.50. The predicted molar refractivity (Wildman–Crippen MR) is 45.7 cm³/mol. The monoisotopic (exact) mass is 194 g/mol. The average Bonchev–Trinajstić information content (AvgIpc) is 1.96. The fourth-order valence-corrected chi connectivity index (χ4v) is 1.24. The van der Waals surface area contributed by atoms with Gasteiger partial charge in [-0.15, -0.1) is 0 Å². The molecule has 70 valence electrons. The molecule has 0 saturated heterocycles. The van der Waals surface area contributed by atoms with E-state index in [0.29, 0.717) is 4.31 Å². The molecule has 0 atom stereocenters. The van der Waals surface area contributed by atoms with E-state index in [1.54, 1.807) is 6.92 Å². The van der Waals surface area contributed by atoms with Gasteiger partial charge < -0.3 is 0 Å². The molecule has 6 heteroatoms. The molecular weight excluding hydrogens is 183 g/mol. The number of allylic oxidation sites excluding steroid dienone is 1. The van der Waals surface area contributed by atoms with Crippen molar-refractivity contribution in [1.29, 1.82) is 0 Å². The van der Waals surface area contributed by atoms with Crippen LogP contribution in [0.2, 0.25) is 0 Å². The minimum atomic E-state index is -4.72. The smallest absolute Gasteiger partial charge is 0.275 e. The Hall–Kier alpha value is -0.910. The number of aliphatic imine (C=N–C) groups is 1. The van der Waals surface area contributed by atoms with Gasteiger partial charge in [-0.05, 0) is 13.8 Å². The van der Waals surface area contributed by atoms with Gasteiger partial charge in [0.1, 0.15) is 5.84 Å². The largest absolute Gasteiger partial charge is 0.404 e.